The van der Waals surface area contributed by atoms with Gasteiger partial charge in [0.05, 0.1) is 11.5 Å². The molecule has 1 saturated heterocycles. The Labute approximate surface area is 116 Å². The van der Waals surface area contributed by atoms with Gasteiger partial charge in [-0.3, -0.25) is 4.79 Å². The van der Waals surface area contributed by atoms with Gasteiger partial charge in [0.1, 0.15) is 0 Å². The van der Waals surface area contributed by atoms with Crippen molar-refractivity contribution in [1.82, 2.24) is 10.6 Å². The van der Waals surface area contributed by atoms with Gasteiger partial charge in [-0.2, -0.15) is 0 Å². The first-order valence-corrected chi connectivity index (χ1v) is 7.84. The zero-order valence-electron chi connectivity index (χ0n) is 12.1. The van der Waals surface area contributed by atoms with Gasteiger partial charge in [0.15, 0.2) is 0 Å². The minimum absolute atomic E-state index is 0.0873. The summed E-state index contributed by atoms with van der Waals surface area (Å²) in [6.45, 7) is 4.44. The monoisotopic (exact) mass is 268 g/mol. The molecule has 1 atom stereocenters. The van der Waals surface area contributed by atoms with Crippen LogP contribution >= 0.6 is 0 Å². The molecule has 0 spiro atoms. The van der Waals surface area contributed by atoms with Gasteiger partial charge in [-0.05, 0) is 51.0 Å². The van der Waals surface area contributed by atoms with Crippen LogP contribution in [0.3, 0.4) is 0 Å². The molecule has 0 aromatic rings. The number of hydrogen-bond acceptors (Lipinski definition) is 3. The minimum atomic E-state index is -0.663. The van der Waals surface area contributed by atoms with Crippen LogP contribution in [0.2, 0.25) is 0 Å². The summed E-state index contributed by atoms with van der Waals surface area (Å²) in [5, 5.41) is 16.7. The van der Waals surface area contributed by atoms with Gasteiger partial charge in [-0.25, -0.2) is 0 Å². The molecule has 2 rings (SSSR count). The Kier molecular flexibility index (Phi) is 5.22. The lowest BCUT2D eigenvalue weighted by Gasteiger charge is -2.36. The fourth-order valence-corrected chi connectivity index (χ4v) is 3.27. The van der Waals surface area contributed by atoms with Crippen LogP contribution in [0.15, 0.2) is 0 Å². The highest BCUT2D eigenvalue weighted by molar-refractivity contribution is 5.79. The van der Waals surface area contributed by atoms with E-state index in [9.17, 15) is 9.90 Å². The lowest BCUT2D eigenvalue weighted by molar-refractivity contribution is -0.127. The summed E-state index contributed by atoms with van der Waals surface area (Å²) in [6, 6.07) is 0. The van der Waals surface area contributed by atoms with E-state index in [1.807, 2.05) is 0 Å². The van der Waals surface area contributed by atoms with E-state index in [1.54, 1.807) is 0 Å². The van der Waals surface area contributed by atoms with E-state index in [0.717, 1.165) is 57.5 Å². The predicted octanol–water partition coefficient (Wildman–Crippen LogP) is 1.43. The quantitative estimate of drug-likeness (QED) is 0.723. The van der Waals surface area contributed by atoms with Crippen LogP contribution in [-0.2, 0) is 4.79 Å². The SMILES string of the molecule is CCC1CCC(O)(CNC(=O)[C@H]2CCCNC2)CC1. The molecule has 2 fully saturated rings. The molecule has 4 nitrogen and oxygen atoms in total. The number of carbonyl (C=O) groups excluding carboxylic acids is 1. The maximum atomic E-state index is 12.0. The van der Waals surface area contributed by atoms with Crippen LogP contribution in [0.5, 0.6) is 0 Å². The summed E-state index contributed by atoms with van der Waals surface area (Å²) >= 11 is 0. The average molecular weight is 268 g/mol. The first-order valence-electron chi connectivity index (χ1n) is 7.84. The summed E-state index contributed by atoms with van der Waals surface area (Å²) in [6.07, 6.45) is 7.08. The molecule has 0 unspecified atom stereocenters. The Morgan fingerprint density at radius 1 is 1.37 bits per heavy atom. The van der Waals surface area contributed by atoms with Gasteiger partial charge < -0.3 is 15.7 Å². The van der Waals surface area contributed by atoms with Crippen LogP contribution in [0.25, 0.3) is 0 Å². The predicted molar refractivity (Wildman–Crippen MR) is 75.8 cm³/mol. The Morgan fingerprint density at radius 3 is 2.68 bits per heavy atom. The summed E-state index contributed by atoms with van der Waals surface area (Å²) < 4.78 is 0. The highest BCUT2D eigenvalue weighted by Gasteiger charge is 2.33. The third-order valence-corrected chi connectivity index (χ3v) is 4.87. The van der Waals surface area contributed by atoms with Crippen LogP contribution in [0.4, 0.5) is 0 Å². The second-order valence-electron chi connectivity index (χ2n) is 6.34. The van der Waals surface area contributed by atoms with Gasteiger partial charge >= 0.3 is 0 Å². The largest absolute Gasteiger partial charge is 0.388 e. The molecule has 1 amide bonds. The third kappa shape index (κ3) is 4.18. The Morgan fingerprint density at radius 2 is 2.11 bits per heavy atom. The van der Waals surface area contributed by atoms with Gasteiger partial charge in [0.25, 0.3) is 0 Å². The first-order chi connectivity index (χ1) is 9.13. The molecule has 1 aliphatic carbocycles. The lowest BCUT2D eigenvalue weighted by atomic mass is 9.78. The zero-order chi connectivity index (χ0) is 13.7. The molecular formula is C15H28N2O2. The van der Waals surface area contributed by atoms with E-state index >= 15 is 0 Å². The third-order valence-electron chi connectivity index (χ3n) is 4.87. The van der Waals surface area contributed by atoms with Crippen LogP contribution in [0, 0.1) is 11.8 Å². The smallest absolute Gasteiger partial charge is 0.224 e. The van der Waals surface area contributed by atoms with E-state index in [-0.39, 0.29) is 11.8 Å². The van der Waals surface area contributed by atoms with Crippen molar-refractivity contribution in [3.8, 4) is 0 Å². The number of rotatable bonds is 4. The standard InChI is InChI=1S/C15H28N2O2/c1-2-12-5-7-15(19,8-6-12)11-17-14(18)13-4-3-9-16-10-13/h12-13,16,19H,2-11H2,1H3,(H,17,18)/t12?,13-,15?/m0/s1. The topological polar surface area (TPSA) is 61.4 Å². The van der Waals surface area contributed by atoms with E-state index in [0.29, 0.717) is 6.54 Å². The highest BCUT2D eigenvalue weighted by atomic mass is 16.3. The Balaban J connectivity index is 1.73. The molecule has 4 heteroatoms. The van der Waals surface area contributed by atoms with Crippen molar-refractivity contribution >= 4 is 5.91 Å². The van der Waals surface area contributed by atoms with E-state index in [4.69, 9.17) is 0 Å². The molecule has 0 radical (unpaired) electrons. The van der Waals surface area contributed by atoms with Crippen molar-refractivity contribution < 1.29 is 9.90 Å². The van der Waals surface area contributed by atoms with Crippen LogP contribution < -0.4 is 10.6 Å². The molecule has 0 aromatic carbocycles. The maximum absolute atomic E-state index is 12.0. The number of piperidine rings is 1. The Bertz CT molecular complexity index is 293. The average Bonchev–Trinajstić information content (AvgIpc) is 2.47. The molecule has 1 aliphatic heterocycles. The van der Waals surface area contributed by atoms with Crippen molar-refractivity contribution in [3.63, 3.8) is 0 Å². The van der Waals surface area contributed by atoms with Crippen molar-refractivity contribution in [1.29, 1.82) is 0 Å². The molecular weight excluding hydrogens is 240 g/mol. The molecule has 110 valence electrons. The maximum Gasteiger partial charge on any atom is 0.224 e. The molecule has 0 bridgehead atoms. The van der Waals surface area contributed by atoms with Gasteiger partial charge in [0.2, 0.25) is 5.91 Å². The zero-order valence-corrected chi connectivity index (χ0v) is 12.1. The van der Waals surface area contributed by atoms with Crippen molar-refractivity contribution in [3.05, 3.63) is 0 Å². The van der Waals surface area contributed by atoms with Crippen LogP contribution in [0.1, 0.15) is 51.9 Å². The summed E-state index contributed by atoms with van der Waals surface area (Å²) in [5.74, 6) is 0.959. The molecule has 19 heavy (non-hydrogen) atoms. The lowest BCUT2D eigenvalue weighted by Crippen LogP contribution is -2.48. The number of hydrogen-bond donors (Lipinski definition) is 3. The number of amides is 1. The second kappa shape index (κ2) is 6.71. The Hall–Kier alpha value is -0.610. The van der Waals surface area contributed by atoms with E-state index in [1.165, 1.54) is 6.42 Å². The normalized spacial score (nSPS) is 35.9. The minimum Gasteiger partial charge on any atom is -0.388 e. The summed E-state index contributed by atoms with van der Waals surface area (Å²) in [4.78, 5) is 12.0. The van der Waals surface area contributed by atoms with Gasteiger partial charge in [-0.1, -0.05) is 13.3 Å². The number of carbonyl (C=O) groups is 1. The van der Waals surface area contributed by atoms with Crippen LogP contribution in [-0.4, -0.2) is 36.2 Å². The van der Waals surface area contributed by atoms with Gasteiger partial charge in [0, 0.05) is 13.1 Å². The van der Waals surface area contributed by atoms with Crippen molar-refractivity contribution in [2.75, 3.05) is 19.6 Å². The summed E-state index contributed by atoms with van der Waals surface area (Å²) in [7, 11) is 0. The molecule has 3 N–H and O–H groups in total. The van der Waals surface area contributed by atoms with E-state index in [2.05, 4.69) is 17.6 Å². The molecule has 2 aliphatic rings. The van der Waals surface area contributed by atoms with Gasteiger partial charge in [-0.15, -0.1) is 0 Å². The molecule has 1 heterocycles. The second-order valence-corrected chi connectivity index (χ2v) is 6.34. The number of nitrogens with one attached hydrogen (secondary N) is 2. The van der Waals surface area contributed by atoms with Crippen molar-refractivity contribution in [2.24, 2.45) is 11.8 Å². The van der Waals surface area contributed by atoms with Crippen molar-refractivity contribution in [2.45, 2.75) is 57.5 Å². The number of aliphatic hydroxyl groups is 1. The fraction of sp³-hybridized carbons (Fsp3) is 0.933. The fourth-order valence-electron chi connectivity index (χ4n) is 3.27. The highest BCUT2D eigenvalue weighted by Crippen LogP contribution is 2.33. The first kappa shape index (κ1) is 14.8. The van der Waals surface area contributed by atoms with E-state index < -0.39 is 5.60 Å². The molecule has 0 aromatic heterocycles. The summed E-state index contributed by atoms with van der Waals surface area (Å²) in [5.41, 5.74) is -0.663. The molecule has 1 saturated carbocycles.